The molecular weight excluding hydrogens is 442 g/mol. The maximum absolute atomic E-state index is 12.7. The van der Waals surface area contributed by atoms with Crippen molar-refractivity contribution < 1.29 is 13.3 Å². The summed E-state index contributed by atoms with van der Waals surface area (Å²) in [5, 5.41) is 16.7. The van der Waals surface area contributed by atoms with Crippen molar-refractivity contribution in [1.29, 1.82) is 0 Å². The van der Waals surface area contributed by atoms with Crippen molar-refractivity contribution in [3.63, 3.8) is 0 Å². The number of para-hydroxylation sites is 1. The Morgan fingerprint density at radius 1 is 1.16 bits per heavy atom. The van der Waals surface area contributed by atoms with Crippen LogP contribution in [0.1, 0.15) is 18.4 Å². The van der Waals surface area contributed by atoms with Crippen LogP contribution < -0.4 is 5.43 Å². The number of hydrogen-bond acceptors (Lipinski definition) is 7. The van der Waals surface area contributed by atoms with Crippen molar-refractivity contribution in [3.05, 3.63) is 69.4 Å². The number of nitrogens with zero attached hydrogens (tertiary/aromatic N) is 4. The molecule has 160 valence electrons. The SMILES string of the molecule is O=[N+]([O-])c1cc(S(=O)(=O)N2CCCC2)ccc1NN=Cc1cc2ccccc2nc1Cl. The topological polar surface area (TPSA) is 118 Å². The lowest BCUT2D eigenvalue weighted by Crippen LogP contribution is -2.27. The Labute approximate surface area is 183 Å². The first-order valence-corrected chi connectivity index (χ1v) is 11.3. The number of sulfonamides is 1. The average molecular weight is 460 g/mol. The van der Waals surface area contributed by atoms with E-state index in [1.807, 2.05) is 24.3 Å². The molecule has 1 N–H and O–H groups in total. The fraction of sp³-hybridized carbons (Fsp3) is 0.200. The van der Waals surface area contributed by atoms with E-state index < -0.39 is 14.9 Å². The fourth-order valence-electron chi connectivity index (χ4n) is 3.37. The quantitative estimate of drug-likeness (QED) is 0.257. The van der Waals surface area contributed by atoms with E-state index in [4.69, 9.17) is 11.6 Å². The number of pyridine rings is 1. The molecule has 1 saturated heterocycles. The van der Waals surface area contributed by atoms with Gasteiger partial charge in [0.05, 0.1) is 21.6 Å². The molecule has 1 aromatic heterocycles. The van der Waals surface area contributed by atoms with Crippen LogP contribution in [0.5, 0.6) is 0 Å². The second kappa shape index (κ2) is 8.58. The van der Waals surface area contributed by atoms with Gasteiger partial charge in [-0.25, -0.2) is 13.4 Å². The summed E-state index contributed by atoms with van der Waals surface area (Å²) >= 11 is 6.19. The highest BCUT2D eigenvalue weighted by Crippen LogP contribution is 2.30. The van der Waals surface area contributed by atoms with Gasteiger partial charge in [-0.05, 0) is 37.1 Å². The summed E-state index contributed by atoms with van der Waals surface area (Å²) in [7, 11) is -3.76. The number of hydrogen-bond donors (Lipinski definition) is 1. The zero-order valence-electron chi connectivity index (χ0n) is 16.2. The molecule has 0 saturated carbocycles. The first kappa shape index (κ1) is 21.2. The second-order valence-corrected chi connectivity index (χ2v) is 9.27. The van der Waals surface area contributed by atoms with Crippen molar-refractivity contribution in [2.24, 2.45) is 5.10 Å². The molecular formula is C20H18ClN5O4S. The number of anilines is 1. The molecule has 4 rings (SSSR count). The highest BCUT2D eigenvalue weighted by atomic mass is 35.5. The minimum atomic E-state index is -3.76. The number of nitrogens with one attached hydrogen (secondary N) is 1. The highest BCUT2D eigenvalue weighted by molar-refractivity contribution is 7.89. The van der Waals surface area contributed by atoms with Crippen LogP contribution in [0.15, 0.2) is 58.5 Å². The van der Waals surface area contributed by atoms with Crippen molar-refractivity contribution in [2.75, 3.05) is 18.5 Å². The van der Waals surface area contributed by atoms with Gasteiger partial charge in [0, 0.05) is 30.1 Å². The fourth-order valence-corrected chi connectivity index (χ4v) is 5.10. The molecule has 0 radical (unpaired) electrons. The number of hydrazone groups is 1. The van der Waals surface area contributed by atoms with Crippen molar-refractivity contribution >= 4 is 50.1 Å². The van der Waals surface area contributed by atoms with Gasteiger partial charge in [-0.1, -0.05) is 29.8 Å². The van der Waals surface area contributed by atoms with Gasteiger partial charge >= 0.3 is 0 Å². The van der Waals surface area contributed by atoms with E-state index in [-0.39, 0.29) is 21.4 Å². The number of nitro groups is 1. The van der Waals surface area contributed by atoms with Gasteiger partial charge in [-0.3, -0.25) is 15.5 Å². The average Bonchev–Trinajstić information content (AvgIpc) is 3.30. The smallest absolute Gasteiger partial charge is 0.272 e. The summed E-state index contributed by atoms with van der Waals surface area (Å²) in [5.74, 6) is 0. The Bertz CT molecular complexity index is 1290. The monoisotopic (exact) mass is 459 g/mol. The van der Waals surface area contributed by atoms with Crippen LogP contribution in [-0.4, -0.2) is 41.9 Å². The molecule has 0 atom stereocenters. The number of fused-ring (bicyclic) bond motifs is 1. The van der Waals surface area contributed by atoms with Crippen LogP contribution in [0.2, 0.25) is 5.15 Å². The lowest BCUT2D eigenvalue weighted by atomic mass is 10.2. The molecule has 0 bridgehead atoms. The van der Waals surface area contributed by atoms with Crippen LogP contribution in [-0.2, 0) is 10.0 Å². The molecule has 0 amide bonds. The lowest BCUT2D eigenvalue weighted by Gasteiger charge is -2.15. The Morgan fingerprint density at radius 3 is 2.65 bits per heavy atom. The van der Waals surface area contributed by atoms with Crippen LogP contribution in [0, 0.1) is 10.1 Å². The number of aromatic nitrogens is 1. The van der Waals surface area contributed by atoms with E-state index in [1.165, 1.54) is 22.7 Å². The molecule has 1 aliphatic heterocycles. The predicted molar refractivity (Wildman–Crippen MR) is 119 cm³/mol. The normalized spacial score (nSPS) is 15.0. The minimum Gasteiger partial charge on any atom is -0.272 e. The number of halogens is 1. The zero-order valence-corrected chi connectivity index (χ0v) is 17.8. The van der Waals surface area contributed by atoms with Gasteiger partial charge in [0.2, 0.25) is 10.0 Å². The first-order valence-electron chi connectivity index (χ1n) is 9.49. The van der Waals surface area contributed by atoms with Crippen molar-refractivity contribution in [3.8, 4) is 0 Å². The Hall–Kier alpha value is -3.08. The Kier molecular flexibility index (Phi) is 5.86. The molecule has 11 heteroatoms. The van der Waals surface area contributed by atoms with Crippen LogP contribution in [0.4, 0.5) is 11.4 Å². The van der Waals surface area contributed by atoms with E-state index >= 15 is 0 Å². The Balaban J connectivity index is 1.60. The van der Waals surface area contributed by atoms with Gasteiger partial charge in [0.15, 0.2) is 0 Å². The highest BCUT2D eigenvalue weighted by Gasteiger charge is 2.29. The number of rotatable bonds is 6. The third-order valence-electron chi connectivity index (χ3n) is 4.96. The molecule has 31 heavy (non-hydrogen) atoms. The van der Waals surface area contributed by atoms with Gasteiger partial charge in [0.25, 0.3) is 5.69 Å². The molecule has 0 aliphatic carbocycles. The van der Waals surface area contributed by atoms with E-state index in [9.17, 15) is 18.5 Å². The van der Waals surface area contributed by atoms with Gasteiger partial charge in [-0.2, -0.15) is 9.41 Å². The molecule has 3 aromatic rings. The van der Waals surface area contributed by atoms with Gasteiger partial charge < -0.3 is 0 Å². The molecule has 0 unspecified atom stereocenters. The molecule has 2 aromatic carbocycles. The standard InChI is InChI=1S/C20H18ClN5O4S/c21-20-15(11-14-5-1-2-6-17(14)23-20)13-22-24-18-8-7-16(12-19(18)26(27)28)31(29,30)25-9-3-4-10-25/h1-2,5-8,11-13,24H,3-4,9-10H2. The van der Waals surface area contributed by atoms with Crippen LogP contribution >= 0.6 is 11.6 Å². The minimum absolute atomic E-state index is 0.0616. The van der Waals surface area contributed by atoms with E-state index in [0.29, 0.717) is 18.7 Å². The molecule has 1 fully saturated rings. The molecule has 9 nitrogen and oxygen atoms in total. The maximum Gasteiger partial charge on any atom is 0.295 e. The first-order chi connectivity index (χ1) is 14.9. The summed E-state index contributed by atoms with van der Waals surface area (Å²) in [6.07, 6.45) is 2.96. The number of benzene rings is 2. The third kappa shape index (κ3) is 4.36. The lowest BCUT2D eigenvalue weighted by molar-refractivity contribution is -0.384. The molecule has 0 spiro atoms. The van der Waals surface area contributed by atoms with Gasteiger partial charge in [-0.15, -0.1) is 0 Å². The van der Waals surface area contributed by atoms with Crippen LogP contribution in [0.3, 0.4) is 0 Å². The molecule has 1 aliphatic rings. The van der Waals surface area contributed by atoms with E-state index in [0.717, 1.165) is 29.8 Å². The summed E-state index contributed by atoms with van der Waals surface area (Å²) in [6, 6.07) is 13.0. The predicted octanol–water partition coefficient (Wildman–Crippen LogP) is 4.03. The molecule has 2 heterocycles. The van der Waals surface area contributed by atoms with Crippen molar-refractivity contribution in [2.45, 2.75) is 17.7 Å². The van der Waals surface area contributed by atoms with Crippen molar-refractivity contribution in [1.82, 2.24) is 9.29 Å². The van der Waals surface area contributed by atoms with Crippen LogP contribution in [0.25, 0.3) is 10.9 Å². The third-order valence-corrected chi connectivity index (χ3v) is 7.16. The number of nitro benzene ring substituents is 1. The van der Waals surface area contributed by atoms with Gasteiger partial charge in [0.1, 0.15) is 10.8 Å². The summed E-state index contributed by atoms with van der Waals surface area (Å²) < 4.78 is 26.7. The van der Waals surface area contributed by atoms with E-state index in [1.54, 1.807) is 6.07 Å². The summed E-state index contributed by atoms with van der Waals surface area (Å²) in [4.78, 5) is 15.1. The summed E-state index contributed by atoms with van der Waals surface area (Å²) in [6.45, 7) is 0.835. The largest absolute Gasteiger partial charge is 0.295 e. The van der Waals surface area contributed by atoms with E-state index in [2.05, 4.69) is 15.5 Å². The Morgan fingerprint density at radius 2 is 1.90 bits per heavy atom. The zero-order chi connectivity index (χ0) is 22.0. The second-order valence-electron chi connectivity index (χ2n) is 6.98. The maximum atomic E-state index is 12.7. The summed E-state index contributed by atoms with van der Waals surface area (Å²) in [5.41, 5.74) is 3.54.